The summed E-state index contributed by atoms with van der Waals surface area (Å²) in [5.74, 6) is 1.70. The van der Waals surface area contributed by atoms with E-state index in [0.29, 0.717) is 6.04 Å². The van der Waals surface area contributed by atoms with Crippen LogP contribution < -0.4 is 15.0 Å². The zero-order valence-corrected chi connectivity index (χ0v) is 11.6. The second-order valence-corrected chi connectivity index (χ2v) is 5.37. The van der Waals surface area contributed by atoms with E-state index in [9.17, 15) is 0 Å². The SMILES string of the molecule is COc1cccc(N2CCC(CNC(C)C)C2)c1. The van der Waals surface area contributed by atoms with E-state index in [1.807, 2.05) is 6.07 Å². The monoisotopic (exact) mass is 248 g/mol. The Balaban J connectivity index is 1.91. The second kappa shape index (κ2) is 6.10. The molecule has 2 rings (SSSR count). The van der Waals surface area contributed by atoms with Crippen molar-refractivity contribution in [3.8, 4) is 5.75 Å². The first-order valence-electron chi connectivity index (χ1n) is 6.81. The summed E-state index contributed by atoms with van der Waals surface area (Å²) >= 11 is 0. The third-order valence-electron chi connectivity index (χ3n) is 3.52. The van der Waals surface area contributed by atoms with Crippen LogP contribution >= 0.6 is 0 Å². The quantitative estimate of drug-likeness (QED) is 0.866. The Kier molecular flexibility index (Phi) is 4.48. The molecule has 0 radical (unpaired) electrons. The summed E-state index contributed by atoms with van der Waals surface area (Å²) < 4.78 is 5.28. The van der Waals surface area contributed by atoms with Gasteiger partial charge >= 0.3 is 0 Å². The fourth-order valence-electron chi connectivity index (χ4n) is 2.44. The van der Waals surface area contributed by atoms with Gasteiger partial charge in [-0.3, -0.25) is 0 Å². The van der Waals surface area contributed by atoms with Crippen LogP contribution in [0.25, 0.3) is 0 Å². The first kappa shape index (κ1) is 13.2. The lowest BCUT2D eigenvalue weighted by Crippen LogP contribution is -2.30. The molecule has 0 amide bonds. The minimum absolute atomic E-state index is 0.580. The first-order chi connectivity index (χ1) is 8.69. The summed E-state index contributed by atoms with van der Waals surface area (Å²) in [4.78, 5) is 2.45. The van der Waals surface area contributed by atoms with E-state index in [4.69, 9.17) is 4.74 Å². The fraction of sp³-hybridized carbons (Fsp3) is 0.600. The summed E-state index contributed by atoms with van der Waals surface area (Å²) in [6.07, 6.45) is 1.27. The highest BCUT2D eigenvalue weighted by atomic mass is 16.5. The summed E-state index contributed by atoms with van der Waals surface area (Å²) in [5, 5.41) is 3.53. The molecule has 1 fully saturated rings. The standard InChI is InChI=1S/C15H24N2O/c1-12(2)16-10-13-7-8-17(11-13)14-5-4-6-15(9-14)18-3/h4-6,9,12-13,16H,7-8,10-11H2,1-3H3. The number of hydrogen-bond donors (Lipinski definition) is 1. The molecule has 0 aliphatic carbocycles. The van der Waals surface area contributed by atoms with Crippen molar-refractivity contribution in [2.45, 2.75) is 26.3 Å². The van der Waals surface area contributed by atoms with E-state index in [0.717, 1.165) is 31.3 Å². The number of benzene rings is 1. The van der Waals surface area contributed by atoms with Gasteiger partial charge in [0, 0.05) is 30.9 Å². The highest BCUT2D eigenvalue weighted by Crippen LogP contribution is 2.26. The van der Waals surface area contributed by atoms with Crippen LogP contribution in [0.2, 0.25) is 0 Å². The van der Waals surface area contributed by atoms with Crippen LogP contribution in [-0.2, 0) is 0 Å². The number of rotatable bonds is 5. The molecule has 0 aromatic heterocycles. The summed E-state index contributed by atoms with van der Waals surface area (Å²) in [6.45, 7) is 7.83. The number of ether oxygens (including phenoxy) is 1. The second-order valence-electron chi connectivity index (χ2n) is 5.37. The zero-order valence-electron chi connectivity index (χ0n) is 11.6. The van der Waals surface area contributed by atoms with Crippen LogP contribution in [0.15, 0.2) is 24.3 Å². The minimum Gasteiger partial charge on any atom is -0.497 e. The predicted octanol–water partition coefficient (Wildman–Crippen LogP) is 2.52. The summed E-state index contributed by atoms with van der Waals surface area (Å²) in [6, 6.07) is 8.93. The zero-order chi connectivity index (χ0) is 13.0. The van der Waals surface area contributed by atoms with Gasteiger partial charge in [0.15, 0.2) is 0 Å². The molecule has 1 aromatic rings. The molecular weight excluding hydrogens is 224 g/mol. The lowest BCUT2D eigenvalue weighted by molar-refractivity contribution is 0.415. The number of anilines is 1. The molecule has 1 aliphatic heterocycles. The molecule has 100 valence electrons. The Morgan fingerprint density at radius 1 is 1.44 bits per heavy atom. The topological polar surface area (TPSA) is 24.5 Å². The van der Waals surface area contributed by atoms with Gasteiger partial charge in [-0.1, -0.05) is 19.9 Å². The molecule has 3 heteroatoms. The molecule has 1 saturated heterocycles. The van der Waals surface area contributed by atoms with Crippen LogP contribution in [0.5, 0.6) is 5.75 Å². The van der Waals surface area contributed by atoms with Gasteiger partial charge in [-0.05, 0) is 31.0 Å². The van der Waals surface area contributed by atoms with Crippen molar-refractivity contribution in [1.29, 1.82) is 0 Å². The maximum Gasteiger partial charge on any atom is 0.120 e. The maximum absolute atomic E-state index is 5.28. The number of hydrogen-bond acceptors (Lipinski definition) is 3. The van der Waals surface area contributed by atoms with Crippen molar-refractivity contribution in [2.24, 2.45) is 5.92 Å². The molecule has 1 unspecified atom stereocenters. The van der Waals surface area contributed by atoms with Gasteiger partial charge in [0.25, 0.3) is 0 Å². The van der Waals surface area contributed by atoms with Crippen LogP contribution in [-0.4, -0.2) is 32.8 Å². The van der Waals surface area contributed by atoms with E-state index in [1.165, 1.54) is 12.1 Å². The average Bonchev–Trinajstić information content (AvgIpc) is 2.85. The molecule has 1 aromatic carbocycles. The normalized spacial score (nSPS) is 19.6. The number of nitrogens with one attached hydrogen (secondary N) is 1. The van der Waals surface area contributed by atoms with Crippen molar-refractivity contribution >= 4 is 5.69 Å². The Labute approximate surface area is 110 Å². The largest absolute Gasteiger partial charge is 0.497 e. The third kappa shape index (κ3) is 3.39. The lowest BCUT2D eigenvalue weighted by Gasteiger charge is -2.20. The highest BCUT2D eigenvalue weighted by Gasteiger charge is 2.22. The molecule has 1 atom stereocenters. The molecule has 0 spiro atoms. The fourth-order valence-corrected chi connectivity index (χ4v) is 2.44. The molecule has 18 heavy (non-hydrogen) atoms. The summed E-state index contributed by atoms with van der Waals surface area (Å²) in [7, 11) is 1.72. The van der Waals surface area contributed by atoms with E-state index in [1.54, 1.807) is 7.11 Å². The van der Waals surface area contributed by atoms with Gasteiger partial charge < -0.3 is 15.0 Å². The van der Waals surface area contributed by atoms with Gasteiger partial charge in [-0.2, -0.15) is 0 Å². The van der Waals surface area contributed by atoms with Crippen molar-refractivity contribution in [1.82, 2.24) is 5.32 Å². The van der Waals surface area contributed by atoms with Crippen molar-refractivity contribution in [2.75, 3.05) is 31.6 Å². The van der Waals surface area contributed by atoms with E-state index in [-0.39, 0.29) is 0 Å². The Hall–Kier alpha value is -1.22. The summed E-state index contributed by atoms with van der Waals surface area (Å²) in [5.41, 5.74) is 1.28. The minimum atomic E-state index is 0.580. The van der Waals surface area contributed by atoms with Crippen LogP contribution in [0, 0.1) is 5.92 Å². The smallest absolute Gasteiger partial charge is 0.120 e. The predicted molar refractivity (Wildman–Crippen MR) is 76.5 cm³/mol. The van der Waals surface area contributed by atoms with E-state index < -0.39 is 0 Å². The van der Waals surface area contributed by atoms with Crippen molar-refractivity contribution < 1.29 is 4.74 Å². The lowest BCUT2D eigenvalue weighted by atomic mass is 10.1. The molecule has 0 bridgehead atoms. The Morgan fingerprint density at radius 3 is 3.00 bits per heavy atom. The van der Waals surface area contributed by atoms with Crippen molar-refractivity contribution in [3.05, 3.63) is 24.3 Å². The van der Waals surface area contributed by atoms with Gasteiger partial charge in [0.2, 0.25) is 0 Å². The molecule has 3 nitrogen and oxygen atoms in total. The molecule has 1 N–H and O–H groups in total. The Morgan fingerprint density at radius 2 is 2.28 bits per heavy atom. The highest BCUT2D eigenvalue weighted by molar-refractivity contribution is 5.51. The van der Waals surface area contributed by atoms with E-state index in [2.05, 4.69) is 42.3 Å². The van der Waals surface area contributed by atoms with Crippen LogP contribution in [0.1, 0.15) is 20.3 Å². The Bertz CT molecular complexity index is 379. The molecule has 0 saturated carbocycles. The number of nitrogens with zero attached hydrogens (tertiary/aromatic N) is 1. The van der Waals surface area contributed by atoms with Gasteiger partial charge in [0.1, 0.15) is 5.75 Å². The number of methoxy groups -OCH3 is 1. The first-order valence-corrected chi connectivity index (χ1v) is 6.81. The van der Waals surface area contributed by atoms with Gasteiger partial charge in [-0.15, -0.1) is 0 Å². The van der Waals surface area contributed by atoms with Gasteiger partial charge in [0.05, 0.1) is 7.11 Å². The average molecular weight is 248 g/mol. The molecule has 1 heterocycles. The van der Waals surface area contributed by atoms with Crippen LogP contribution in [0.4, 0.5) is 5.69 Å². The van der Waals surface area contributed by atoms with Crippen molar-refractivity contribution in [3.63, 3.8) is 0 Å². The molecular formula is C15H24N2O. The van der Waals surface area contributed by atoms with Crippen LogP contribution in [0.3, 0.4) is 0 Å². The van der Waals surface area contributed by atoms with E-state index >= 15 is 0 Å². The third-order valence-corrected chi connectivity index (χ3v) is 3.52. The van der Waals surface area contributed by atoms with Gasteiger partial charge in [-0.25, -0.2) is 0 Å². The maximum atomic E-state index is 5.28. The molecule has 1 aliphatic rings.